The zero-order valence-electron chi connectivity index (χ0n) is 35.7. The summed E-state index contributed by atoms with van der Waals surface area (Å²) in [5, 5.41) is 21.8. The molecule has 0 radical (unpaired) electrons. The molecule has 0 saturated carbocycles. The van der Waals surface area contributed by atoms with Crippen molar-refractivity contribution in [2.24, 2.45) is 0 Å². The number of hydrogen-bond donors (Lipinski definition) is 2. The highest BCUT2D eigenvalue weighted by Gasteiger charge is 2.29. The number of hydrogen-bond acceptors (Lipinski definition) is 10. The molecule has 328 valence electrons. The van der Waals surface area contributed by atoms with Crippen LogP contribution >= 0.6 is 0 Å². The maximum atomic E-state index is 13.5. The first kappa shape index (κ1) is 44.2. The van der Waals surface area contributed by atoms with Gasteiger partial charge < -0.3 is 19.7 Å². The van der Waals surface area contributed by atoms with Gasteiger partial charge in [-0.05, 0) is 70.8 Å². The van der Waals surface area contributed by atoms with Crippen molar-refractivity contribution in [3.63, 3.8) is 0 Å². The van der Waals surface area contributed by atoms with Gasteiger partial charge >= 0.3 is 0 Å². The number of aliphatic hydroxyl groups excluding tert-OH is 2. The highest BCUT2D eigenvalue weighted by Crippen LogP contribution is 2.31. The van der Waals surface area contributed by atoms with Crippen LogP contribution in [0.4, 0.5) is 0 Å². The van der Waals surface area contributed by atoms with Gasteiger partial charge in [-0.2, -0.15) is 0 Å². The lowest BCUT2D eigenvalue weighted by Crippen LogP contribution is -2.50. The first-order valence-electron chi connectivity index (χ1n) is 22.0. The molecule has 0 amide bonds. The Morgan fingerprint density at radius 2 is 0.698 bits per heavy atom. The SMILES string of the molecule is O=S(=O)(c1ccc(OCC(O)CN2CCN(C(c3ccccc3)c3ccccc3)CC2)cc1)c1ccc(OCC(O)CN2CCN(C(c3ccccc3)c3ccccc3)CC2)cc1. The molecule has 2 fully saturated rings. The van der Waals surface area contributed by atoms with Crippen LogP contribution in [0.25, 0.3) is 0 Å². The van der Waals surface area contributed by atoms with Crippen molar-refractivity contribution in [1.29, 1.82) is 0 Å². The lowest BCUT2D eigenvalue weighted by molar-refractivity contribution is 0.0400. The van der Waals surface area contributed by atoms with E-state index in [2.05, 4.69) is 117 Å². The molecule has 6 aromatic rings. The van der Waals surface area contributed by atoms with E-state index in [9.17, 15) is 18.6 Å². The van der Waals surface area contributed by atoms with E-state index in [1.54, 1.807) is 24.3 Å². The van der Waals surface area contributed by atoms with Crippen LogP contribution in [0.1, 0.15) is 34.3 Å². The summed E-state index contributed by atoms with van der Waals surface area (Å²) in [5.74, 6) is 0.971. The Bertz CT molecular complexity index is 2140. The third kappa shape index (κ3) is 11.6. The van der Waals surface area contributed by atoms with E-state index in [4.69, 9.17) is 9.47 Å². The fourth-order valence-corrected chi connectivity index (χ4v) is 10.1. The highest BCUT2D eigenvalue weighted by atomic mass is 32.2. The number of piperazine rings is 2. The van der Waals surface area contributed by atoms with Crippen molar-refractivity contribution < 1.29 is 28.1 Å². The molecule has 0 spiro atoms. The molecule has 0 bridgehead atoms. The molecule has 2 heterocycles. The second kappa shape index (κ2) is 21.3. The topological polar surface area (TPSA) is 106 Å². The molecule has 2 aliphatic rings. The van der Waals surface area contributed by atoms with Gasteiger partial charge in [0, 0.05) is 65.4 Å². The molecule has 2 unspecified atom stereocenters. The number of benzene rings is 6. The highest BCUT2D eigenvalue weighted by molar-refractivity contribution is 7.91. The summed E-state index contributed by atoms with van der Waals surface area (Å²) >= 11 is 0. The van der Waals surface area contributed by atoms with Crippen molar-refractivity contribution in [1.82, 2.24) is 19.6 Å². The number of rotatable bonds is 18. The van der Waals surface area contributed by atoms with Crippen molar-refractivity contribution in [3.8, 4) is 11.5 Å². The zero-order valence-corrected chi connectivity index (χ0v) is 36.5. The summed E-state index contributed by atoms with van der Waals surface area (Å²) in [7, 11) is -3.80. The van der Waals surface area contributed by atoms with Crippen LogP contribution in [0.15, 0.2) is 180 Å². The summed E-state index contributed by atoms with van der Waals surface area (Å²) in [4.78, 5) is 9.82. The van der Waals surface area contributed by atoms with Gasteiger partial charge in [-0.3, -0.25) is 19.6 Å². The van der Waals surface area contributed by atoms with Gasteiger partial charge in [0.05, 0.1) is 21.9 Å². The molecule has 11 heteroatoms. The van der Waals surface area contributed by atoms with Crippen LogP contribution in [0, 0.1) is 0 Å². The maximum Gasteiger partial charge on any atom is 0.206 e. The van der Waals surface area contributed by atoms with Crippen LogP contribution < -0.4 is 9.47 Å². The summed E-state index contributed by atoms with van der Waals surface area (Å²) in [6, 6.07) is 55.3. The normalized spacial score (nSPS) is 16.8. The number of aliphatic hydroxyl groups is 2. The molecule has 0 aliphatic carbocycles. The van der Waals surface area contributed by atoms with Gasteiger partial charge in [0.25, 0.3) is 0 Å². The van der Waals surface area contributed by atoms with E-state index in [0.29, 0.717) is 24.6 Å². The minimum atomic E-state index is -3.80. The zero-order chi connectivity index (χ0) is 43.4. The number of ether oxygens (including phenoxy) is 2. The quantitative estimate of drug-likeness (QED) is 0.0958. The summed E-state index contributed by atoms with van der Waals surface area (Å²) in [6.45, 7) is 8.01. The first-order valence-corrected chi connectivity index (χ1v) is 23.5. The Balaban J connectivity index is 0.759. The second-order valence-electron chi connectivity index (χ2n) is 16.5. The summed E-state index contributed by atoms with van der Waals surface area (Å²) in [6.07, 6.45) is -1.40. The van der Waals surface area contributed by atoms with Crippen LogP contribution in [0.2, 0.25) is 0 Å². The van der Waals surface area contributed by atoms with Crippen molar-refractivity contribution in [2.45, 2.75) is 34.1 Å². The molecule has 2 atom stereocenters. The molecule has 2 aliphatic heterocycles. The Labute approximate surface area is 372 Å². The minimum absolute atomic E-state index is 0.0969. The van der Waals surface area contributed by atoms with Gasteiger partial charge in [-0.25, -0.2) is 8.42 Å². The predicted molar refractivity (Wildman–Crippen MR) is 247 cm³/mol. The van der Waals surface area contributed by atoms with Crippen LogP contribution in [0.3, 0.4) is 0 Å². The van der Waals surface area contributed by atoms with Gasteiger partial charge in [0.2, 0.25) is 9.84 Å². The molecule has 10 nitrogen and oxygen atoms in total. The lowest BCUT2D eigenvalue weighted by Gasteiger charge is -2.40. The van der Waals surface area contributed by atoms with E-state index < -0.39 is 22.0 Å². The largest absolute Gasteiger partial charge is 0.491 e. The van der Waals surface area contributed by atoms with Gasteiger partial charge in [0.15, 0.2) is 0 Å². The molecule has 63 heavy (non-hydrogen) atoms. The third-order valence-electron chi connectivity index (χ3n) is 12.1. The smallest absolute Gasteiger partial charge is 0.206 e. The van der Waals surface area contributed by atoms with E-state index in [0.717, 1.165) is 52.4 Å². The van der Waals surface area contributed by atoms with Gasteiger partial charge in [-0.1, -0.05) is 121 Å². The van der Waals surface area contributed by atoms with E-state index in [1.165, 1.54) is 46.5 Å². The number of β-amino-alcohol motifs (C(OH)–C–C–N with tert-alkyl or cyclic N) is 2. The van der Waals surface area contributed by atoms with Crippen LogP contribution in [-0.4, -0.2) is 129 Å². The van der Waals surface area contributed by atoms with Gasteiger partial charge in [-0.15, -0.1) is 0 Å². The predicted octanol–water partition coefficient (Wildman–Crippen LogP) is 6.81. The van der Waals surface area contributed by atoms with Crippen LogP contribution in [0.5, 0.6) is 11.5 Å². The average molecular weight is 867 g/mol. The molecule has 0 aromatic heterocycles. The number of nitrogens with zero attached hydrogens (tertiary/aromatic N) is 4. The molecular formula is C52H58N4O6S. The maximum absolute atomic E-state index is 13.5. The molecule has 6 aromatic carbocycles. The Morgan fingerprint density at radius 1 is 0.413 bits per heavy atom. The fourth-order valence-electron chi connectivity index (χ4n) is 8.83. The number of sulfone groups is 1. The lowest BCUT2D eigenvalue weighted by atomic mass is 9.96. The Hall–Kier alpha value is -5.37. The second-order valence-corrected chi connectivity index (χ2v) is 18.4. The van der Waals surface area contributed by atoms with Crippen molar-refractivity contribution >= 4 is 9.84 Å². The summed E-state index contributed by atoms with van der Waals surface area (Å²) in [5.41, 5.74) is 5.09. The first-order chi connectivity index (χ1) is 30.8. The van der Waals surface area contributed by atoms with E-state index in [-0.39, 0.29) is 35.1 Å². The van der Waals surface area contributed by atoms with Crippen molar-refractivity contribution in [3.05, 3.63) is 192 Å². The molecular weight excluding hydrogens is 809 g/mol. The monoisotopic (exact) mass is 866 g/mol. The Kier molecular flexibility index (Phi) is 15.0. The van der Waals surface area contributed by atoms with Gasteiger partial charge in [0.1, 0.15) is 36.9 Å². The van der Waals surface area contributed by atoms with E-state index in [1.807, 2.05) is 24.3 Å². The molecule has 2 N–H and O–H groups in total. The fraction of sp³-hybridized carbons (Fsp3) is 0.308. The molecule has 2 saturated heterocycles. The average Bonchev–Trinajstić information content (AvgIpc) is 3.33. The standard InChI is InChI=1S/C52H58N4O6S/c57-45(37-53-29-33-55(34-30-53)51(41-13-5-1-6-14-41)42-15-7-2-8-16-42)39-61-47-21-25-49(26-22-47)63(59,60)50-27-23-48(24-28-50)62-40-46(58)38-54-31-35-56(36-32-54)52(43-17-9-3-10-18-43)44-19-11-4-12-20-44/h1-28,45-46,51-52,57-58H,29-40H2. The van der Waals surface area contributed by atoms with Crippen LogP contribution in [-0.2, 0) is 9.84 Å². The third-order valence-corrected chi connectivity index (χ3v) is 13.9. The minimum Gasteiger partial charge on any atom is -0.491 e. The Morgan fingerprint density at radius 3 is 0.984 bits per heavy atom. The van der Waals surface area contributed by atoms with Crippen molar-refractivity contribution in [2.75, 3.05) is 78.7 Å². The summed E-state index contributed by atoms with van der Waals surface area (Å²) < 4.78 is 38.8. The molecule has 8 rings (SSSR count). The van der Waals surface area contributed by atoms with E-state index >= 15 is 0 Å².